The number of piperidine rings is 2. The van der Waals surface area contributed by atoms with E-state index in [1.165, 1.54) is 58.2 Å². The Labute approximate surface area is 125 Å². The number of nitrogens with zero attached hydrogens (tertiary/aromatic N) is 2. The number of nitrogens with one attached hydrogen (secondary N) is 1. The van der Waals surface area contributed by atoms with Gasteiger partial charge in [0.25, 0.3) is 0 Å². The van der Waals surface area contributed by atoms with Crippen LogP contribution in [0.5, 0.6) is 0 Å². The predicted molar refractivity (Wildman–Crippen MR) is 85.0 cm³/mol. The standard InChI is InChI=1S/C17H33N3/c1-13(2)17-12-20(9-5-8-18-17)16-10-14-6-4-7-15(11-16)19(14)3/h13-18H,4-12H2,1-3H3. The zero-order valence-corrected chi connectivity index (χ0v) is 13.6. The van der Waals surface area contributed by atoms with Crippen LogP contribution in [0.1, 0.15) is 52.4 Å². The summed E-state index contributed by atoms with van der Waals surface area (Å²) in [6.07, 6.45) is 8.48. The van der Waals surface area contributed by atoms with Gasteiger partial charge in [-0.2, -0.15) is 0 Å². The van der Waals surface area contributed by atoms with Crippen LogP contribution in [0, 0.1) is 5.92 Å². The maximum Gasteiger partial charge on any atom is 0.0218 e. The highest BCUT2D eigenvalue weighted by Gasteiger charge is 2.38. The highest BCUT2D eigenvalue weighted by Crippen LogP contribution is 2.35. The molecule has 20 heavy (non-hydrogen) atoms. The quantitative estimate of drug-likeness (QED) is 0.837. The summed E-state index contributed by atoms with van der Waals surface area (Å²) in [5, 5.41) is 3.76. The molecule has 3 nitrogen and oxygen atoms in total. The van der Waals surface area contributed by atoms with Crippen LogP contribution in [-0.2, 0) is 0 Å². The third-order valence-electron chi connectivity index (χ3n) is 6.10. The van der Waals surface area contributed by atoms with Crippen molar-refractivity contribution in [3.63, 3.8) is 0 Å². The van der Waals surface area contributed by atoms with Crippen LogP contribution in [0.4, 0.5) is 0 Å². The minimum Gasteiger partial charge on any atom is -0.312 e. The van der Waals surface area contributed by atoms with E-state index >= 15 is 0 Å². The van der Waals surface area contributed by atoms with Gasteiger partial charge in [-0.15, -0.1) is 0 Å². The fraction of sp³-hybridized carbons (Fsp3) is 1.00. The molecule has 2 bridgehead atoms. The first-order chi connectivity index (χ1) is 9.65. The molecule has 0 saturated carbocycles. The fourth-order valence-electron chi connectivity index (χ4n) is 4.64. The zero-order chi connectivity index (χ0) is 14.1. The summed E-state index contributed by atoms with van der Waals surface area (Å²) in [5.41, 5.74) is 0. The molecular weight excluding hydrogens is 246 g/mol. The highest BCUT2D eigenvalue weighted by atomic mass is 15.2. The van der Waals surface area contributed by atoms with E-state index in [0.717, 1.165) is 24.0 Å². The Balaban J connectivity index is 1.65. The van der Waals surface area contributed by atoms with Gasteiger partial charge >= 0.3 is 0 Å². The molecule has 116 valence electrons. The van der Waals surface area contributed by atoms with E-state index in [4.69, 9.17) is 0 Å². The molecule has 0 aliphatic carbocycles. The summed E-state index contributed by atoms with van der Waals surface area (Å²) in [5.74, 6) is 0.751. The van der Waals surface area contributed by atoms with Crippen molar-refractivity contribution in [1.29, 1.82) is 0 Å². The van der Waals surface area contributed by atoms with Gasteiger partial charge in [0.05, 0.1) is 0 Å². The Bertz CT molecular complexity index is 303. The molecule has 0 spiro atoms. The first-order valence-corrected chi connectivity index (χ1v) is 8.84. The second kappa shape index (κ2) is 6.33. The van der Waals surface area contributed by atoms with Crippen molar-refractivity contribution >= 4 is 0 Å². The van der Waals surface area contributed by atoms with Crippen LogP contribution < -0.4 is 5.32 Å². The normalized spacial score (nSPS) is 40.8. The monoisotopic (exact) mass is 279 g/mol. The summed E-state index contributed by atoms with van der Waals surface area (Å²) in [6, 6.07) is 3.27. The van der Waals surface area contributed by atoms with Gasteiger partial charge < -0.3 is 10.2 Å². The second-order valence-electron chi connectivity index (χ2n) is 7.68. The average Bonchev–Trinajstić information content (AvgIpc) is 2.64. The van der Waals surface area contributed by atoms with Gasteiger partial charge in [0, 0.05) is 30.7 Å². The van der Waals surface area contributed by atoms with Gasteiger partial charge in [-0.25, -0.2) is 0 Å². The van der Waals surface area contributed by atoms with Gasteiger partial charge in [-0.05, 0) is 58.2 Å². The van der Waals surface area contributed by atoms with Gasteiger partial charge in [0.2, 0.25) is 0 Å². The van der Waals surface area contributed by atoms with Crippen molar-refractivity contribution in [2.24, 2.45) is 5.92 Å². The molecule has 0 amide bonds. The first-order valence-electron chi connectivity index (χ1n) is 8.84. The van der Waals surface area contributed by atoms with Crippen LogP contribution in [0.25, 0.3) is 0 Å². The van der Waals surface area contributed by atoms with Gasteiger partial charge in [-0.3, -0.25) is 4.90 Å². The molecule has 3 aliphatic rings. The molecule has 3 rings (SSSR count). The molecule has 3 atom stereocenters. The topological polar surface area (TPSA) is 18.5 Å². The largest absolute Gasteiger partial charge is 0.312 e. The number of fused-ring (bicyclic) bond motifs is 2. The number of hydrogen-bond acceptors (Lipinski definition) is 3. The van der Waals surface area contributed by atoms with Crippen molar-refractivity contribution in [2.45, 2.75) is 76.5 Å². The lowest BCUT2D eigenvalue weighted by Crippen LogP contribution is -2.56. The van der Waals surface area contributed by atoms with Crippen LogP contribution in [-0.4, -0.2) is 60.6 Å². The van der Waals surface area contributed by atoms with E-state index in [-0.39, 0.29) is 0 Å². The van der Waals surface area contributed by atoms with E-state index in [1.807, 2.05) is 0 Å². The molecule has 3 unspecified atom stereocenters. The van der Waals surface area contributed by atoms with Crippen LogP contribution in [0.3, 0.4) is 0 Å². The molecule has 0 aromatic rings. The van der Waals surface area contributed by atoms with Gasteiger partial charge in [0.1, 0.15) is 0 Å². The van der Waals surface area contributed by atoms with Crippen LogP contribution in [0.2, 0.25) is 0 Å². The Kier molecular flexibility index (Phi) is 4.68. The summed E-state index contributed by atoms with van der Waals surface area (Å²) in [4.78, 5) is 5.53. The van der Waals surface area contributed by atoms with E-state index < -0.39 is 0 Å². The molecular formula is C17H33N3. The molecule has 0 aromatic heterocycles. The fourth-order valence-corrected chi connectivity index (χ4v) is 4.64. The Morgan fingerprint density at radius 2 is 1.70 bits per heavy atom. The number of hydrogen-bond donors (Lipinski definition) is 1. The van der Waals surface area contributed by atoms with Crippen molar-refractivity contribution in [3.8, 4) is 0 Å². The Hall–Kier alpha value is -0.120. The number of rotatable bonds is 2. The SMILES string of the molecule is CC(C)C1CN(C2CC3CCCC(C2)N3C)CCCN1. The maximum absolute atomic E-state index is 3.76. The Morgan fingerprint density at radius 3 is 2.35 bits per heavy atom. The lowest BCUT2D eigenvalue weighted by Gasteiger charge is -2.50. The third kappa shape index (κ3) is 3.05. The van der Waals surface area contributed by atoms with E-state index in [9.17, 15) is 0 Å². The zero-order valence-electron chi connectivity index (χ0n) is 13.6. The molecule has 3 heterocycles. The van der Waals surface area contributed by atoms with Crippen molar-refractivity contribution in [2.75, 3.05) is 26.7 Å². The predicted octanol–water partition coefficient (Wildman–Crippen LogP) is 2.32. The van der Waals surface area contributed by atoms with E-state index in [1.54, 1.807) is 0 Å². The van der Waals surface area contributed by atoms with Gasteiger partial charge in [0.15, 0.2) is 0 Å². The molecule has 3 fully saturated rings. The average molecular weight is 279 g/mol. The lowest BCUT2D eigenvalue weighted by atomic mass is 9.81. The lowest BCUT2D eigenvalue weighted by molar-refractivity contribution is 0.00738. The van der Waals surface area contributed by atoms with E-state index in [0.29, 0.717) is 6.04 Å². The van der Waals surface area contributed by atoms with Crippen LogP contribution in [0.15, 0.2) is 0 Å². The van der Waals surface area contributed by atoms with E-state index in [2.05, 4.69) is 36.0 Å². The summed E-state index contributed by atoms with van der Waals surface area (Å²) >= 11 is 0. The molecule has 3 saturated heterocycles. The van der Waals surface area contributed by atoms with Gasteiger partial charge in [-0.1, -0.05) is 20.3 Å². The molecule has 3 heteroatoms. The van der Waals surface area contributed by atoms with Crippen molar-refractivity contribution < 1.29 is 0 Å². The first kappa shape index (κ1) is 14.8. The minimum absolute atomic E-state index is 0.692. The second-order valence-corrected chi connectivity index (χ2v) is 7.68. The van der Waals surface area contributed by atoms with Crippen molar-refractivity contribution in [3.05, 3.63) is 0 Å². The van der Waals surface area contributed by atoms with Crippen molar-refractivity contribution in [1.82, 2.24) is 15.1 Å². The summed E-state index contributed by atoms with van der Waals surface area (Å²) in [6.45, 7) is 8.52. The summed E-state index contributed by atoms with van der Waals surface area (Å²) < 4.78 is 0. The van der Waals surface area contributed by atoms with Crippen LogP contribution >= 0.6 is 0 Å². The summed E-state index contributed by atoms with van der Waals surface area (Å²) in [7, 11) is 2.37. The molecule has 0 aromatic carbocycles. The maximum atomic E-state index is 3.76. The highest BCUT2D eigenvalue weighted by molar-refractivity contribution is 4.95. The molecule has 1 N–H and O–H groups in total. The molecule has 3 aliphatic heterocycles. The molecule has 0 radical (unpaired) electrons. The smallest absolute Gasteiger partial charge is 0.0218 e. The third-order valence-corrected chi connectivity index (χ3v) is 6.10. The Morgan fingerprint density at radius 1 is 1.00 bits per heavy atom. The minimum atomic E-state index is 0.692.